The number of hydrogen-bond donors (Lipinski definition) is 2. The molecule has 2 aromatic carbocycles. The molecule has 0 bridgehead atoms. The summed E-state index contributed by atoms with van der Waals surface area (Å²) in [7, 11) is 0. The Morgan fingerprint density at radius 1 is 1.06 bits per heavy atom. The van der Waals surface area contributed by atoms with Crippen LogP contribution in [0, 0.1) is 0 Å². The zero-order valence-corrected chi connectivity index (χ0v) is 9.79. The van der Waals surface area contributed by atoms with Crippen LogP contribution in [0.1, 0.15) is 5.56 Å². The third kappa shape index (κ3) is 1.84. The van der Waals surface area contributed by atoms with Gasteiger partial charge in [0.2, 0.25) is 0 Å². The molecule has 86 valence electrons. The Balaban J connectivity index is 2.05. The lowest BCUT2D eigenvalue weighted by atomic mass is 10.1. The number of benzene rings is 2. The first-order chi connectivity index (χ1) is 8.26. The topological polar surface area (TPSA) is 47.3 Å². The quantitative estimate of drug-likeness (QED) is 0.689. The molecule has 0 fully saturated rings. The summed E-state index contributed by atoms with van der Waals surface area (Å²) in [5.41, 5.74) is 8.50. The Hall–Kier alpha value is -1.71. The average molecular weight is 247 g/mol. The van der Waals surface area contributed by atoms with Crippen molar-refractivity contribution in [3.8, 4) is 11.5 Å². The molecule has 0 saturated heterocycles. The van der Waals surface area contributed by atoms with Crippen molar-refractivity contribution in [1.82, 2.24) is 0 Å². The van der Waals surface area contributed by atoms with Crippen molar-refractivity contribution in [2.75, 3.05) is 5.32 Å². The Labute approximate surface area is 104 Å². The van der Waals surface area contributed by atoms with Crippen LogP contribution < -0.4 is 15.8 Å². The van der Waals surface area contributed by atoms with Crippen LogP contribution in [0.5, 0.6) is 11.5 Å². The van der Waals surface area contributed by atoms with E-state index >= 15 is 0 Å². The van der Waals surface area contributed by atoms with Gasteiger partial charge in [0.05, 0.1) is 11.4 Å². The number of rotatable bonds is 1. The lowest BCUT2D eigenvalue weighted by molar-refractivity contribution is 0.480. The van der Waals surface area contributed by atoms with Gasteiger partial charge in [-0.2, -0.15) is 0 Å². The van der Waals surface area contributed by atoms with E-state index < -0.39 is 0 Å². The van der Waals surface area contributed by atoms with E-state index in [2.05, 4.69) is 5.32 Å². The third-order valence-electron chi connectivity index (χ3n) is 2.71. The Bertz CT molecular complexity index is 584. The van der Waals surface area contributed by atoms with Gasteiger partial charge in [-0.25, -0.2) is 0 Å². The van der Waals surface area contributed by atoms with Crippen molar-refractivity contribution in [2.24, 2.45) is 5.73 Å². The van der Waals surface area contributed by atoms with Crippen LogP contribution in [0.2, 0.25) is 5.02 Å². The Morgan fingerprint density at radius 2 is 1.76 bits per heavy atom. The number of ether oxygens (including phenoxy) is 1. The van der Waals surface area contributed by atoms with Gasteiger partial charge in [-0.3, -0.25) is 0 Å². The summed E-state index contributed by atoms with van der Waals surface area (Å²) in [4.78, 5) is 0. The van der Waals surface area contributed by atoms with Crippen LogP contribution in [-0.2, 0) is 6.54 Å². The third-order valence-corrected chi connectivity index (χ3v) is 2.95. The fourth-order valence-electron chi connectivity index (χ4n) is 1.83. The maximum absolute atomic E-state index is 5.93. The lowest BCUT2D eigenvalue weighted by Crippen LogP contribution is -2.04. The zero-order chi connectivity index (χ0) is 11.8. The van der Waals surface area contributed by atoms with E-state index in [4.69, 9.17) is 22.1 Å². The van der Waals surface area contributed by atoms with Gasteiger partial charge in [0.15, 0.2) is 11.5 Å². The number of fused-ring (bicyclic) bond motifs is 2. The van der Waals surface area contributed by atoms with Crippen LogP contribution in [0.4, 0.5) is 11.4 Å². The monoisotopic (exact) mass is 246 g/mol. The standard InChI is InChI=1S/C13H11ClN2O/c14-9-2-4-11-13(6-9)17-12-5-8(7-15)1-3-10(12)16-11/h1-6,16H,7,15H2. The molecular formula is C13H11ClN2O. The van der Waals surface area contributed by atoms with E-state index in [1.54, 1.807) is 6.07 Å². The smallest absolute Gasteiger partial charge is 0.152 e. The number of nitrogens with one attached hydrogen (secondary N) is 1. The second-order valence-corrected chi connectivity index (χ2v) is 4.34. The minimum atomic E-state index is 0.499. The van der Waals surface area contributed by atoms with Crippen LogP contribution in [-0.4, -0.2) is 0 Å². The summed E-state index contributed by atoms with van der Waals surface area (Å²) in [6.45, 7) is 0.499. The predicted octanol–water partition coefficient (Wildman–Crippen LogP) is 3.65. The zero-order valence-electron chi connectivity index (χ0n) is 9.03. The maximum Gasteiger partial charge on any atom is 0.152 e. The van der Waals surface area contributed by atoms with Crippen LogP contribution in [0.25, 0.3) is 0 Å². The van der Waals surface area contributed by atoms with Gasteiger partial charge < -0.3 is 15.8 Å². The molecule has 4 heteroatoms. The Kier molecular flexibility index (Phi) is 2.42. The molecular weight excluding hydrogens is 236 g/mol. The average Bonchev–Trinajstić information content (AvgIpc) is 2.35. The van der Waals surface area contributed by atoms with E-state index in [1.165, 1.54) is 0 Å². The fourth-order valence-corrected chi connectivity index (χ4v) is 1.99. The molecule has 0 atom stereocenters. The Morgan fingerprint density at radius 3 is 2.53 bits per heavy atom. The first-order valence-corrected chi connectivity index (χ1v) is 5.71. The molecule has 1 heterocycles. The molecule has 2 aromatic rings. The van der Waals surface area contributed by atoms with Crippen LogP contribution >= 0.6 is 11.6 Å². The van der Waals surface area contributed by atoms with Crippen molar-refractivity contribution in [3.05, 3.63) is 47.0 Å². The van der Waals surface area contributed by atoms with Gasteiger partial charge in [-0.15, -0.1) is 0 Å². The van der Waals surface area contributed by atoms with Crippen molar-refractivity contribution >= 4 is 23.0 Å². The van der Waals surface area contributed by atoms with Gasteiger partial charge in [0, 0.05) is 17.6 Å². The van der Waals surface area contributed by atoms with E-state index in [9.17, 15) is 0 Å². The largest absolute Gasteiger partial charge is 0.453 e. The molecule has 0 aliphatic carbocycles. The summed E-state index contributed by atoms with van der Waals surface area (Å²) in [5, 5.41) is 3.95. The van der Waals surface area contributed by atoms with Crippen molar-refractivity contribution in [1.29, 1.82) is 0 Å². The minimum absolute atomic E-state index is 0.499. The predicted molar refractivity (Wildman–Crippen MR) is 69.1 cm³/mol. The lowest BCUT2D eigenvalue weighted by Gasteiger charge is -2.22. The summed E-state index contributed by atoms with van der Waals surface area (Å²) in [5.74, 6) is 1.52. The normalized spacial score (nSPS) is 12.1. The first-order valence-electron chi connectivity index (χ1n) is 5.34. The van der Waals surface area contributed by atoms with E-state index in [-0.39, 0.29) is 0 Å². The highest BCUT2D eigenvalue weighted by atomic mass is 35.5. The van der Waals surface area contributed by atoms with Crippen molar-refractivity contribution < 1.29 is 4.74 Å². The summed E-state index contributed by atoms with van der Waals surface area (Å²) >= 11 is 5.93. The summed E-state index contributed by atoms with van der Waals surface area (Å²) in [6, 6.07) is 11.4. The van der Waals surface area contributed by atoms with Gasteiger partial charge in [0.25, 0.3) is 0 Å². The summed E-state index contributed by atoms with van der Waals surface area (Å²) in [6.07, 6.45) is 0. The van der Waals surface area contributed by atoms with Crippen LogP contribution in [0.15, 0.2) is 36.4 Å². The molecule has 0 spiro atoms. The number of nitrogens with two attached hydrogens (primary N) is 1. The first kappa shape index (κ1) is 10.4. The van der Waals surface area contributed by atoms with Gasteiger partial charge in [0.1, 0.15) is 0 Å². The number of halogens is 1. The number of hydrogen-bond acceptors (Lipinski definition) is 3. The second kappa shape index (κ2) is 3.95. The molecule has 3 nitrogen and oxygen atoms in total. The molecule has 0 radical (unpaired) electrons. The molecule has 0 unspecified atom stereocenters. The molecule has 3 rings (SSSR count). The molecule has 0 saturated carbocycles. The fraction of sp³-hybridized carbons (Fsp3) is 0.0769. The molecule has 1 aliphatic rings. The minimum Gasteiger partial charge on any atom is -0.453 e. The molecule has 0 aromatic heterocycles. The van der Waals surface area contributed by atoms with Gasteiger partial charge >= 0.3 is 0 Å². The van der Waals surface area contributed by atoms with Crippen molar-refractivity contribution in [3.63, 3.8) is 0 Å². The maximum atomic E-state index is 5.93. The van der Waals surface area contributed by atoms with E-state index in [0.29, 0.717) is 11.6 Å². The second-order valence-electron chi connectivity index (χ2n) is 3.90. The molecule has 17 heavy (non-hydrogen) atoms. The highest BCUT2D eigenvalue weighted by molar-refractivity contribution is 6.30. The highest BCUT2D eigenvalue weighted by Crippen LogP contribution is 2.43. The number of anilines is 2. The molecule has 3 N–H and O–H groups in total. The summed E-state index contributed by atoms with van der Waals surface area (Å²) < 4.78 is 5.80. The van der Waals surface area contributed by atoms with Gasteiger partial charge in [-0.05, 0) is 29.8 Å². The van der Waals surface area contributed by atoms with Crippen LogP contribution in [0.3, 0.4) is 0 Å². The van der Waals surface area contributed by atoms with Crippen molar-refractivity contribution in [2.45, 2.75) is 6.54 Å². The van der Waals surface area contributed by atoms with E-state index in [0.717, 1.165) is 28.4 Å². The van der Waals surface area contributed by atoms with Gasteiger partial charge in [-0.1, -0.05) is 17.7 Å². The van der Waals surface area contributed by atoms with E-state index in [1.807, 2.05) is 30.3 Å². The molecule has 0 amide bonds. The molecule has 1 aliphatic heterocycles. The SMILES string of the molecule is NCc1ccc2c(c1)Oc1cc(Cl)ccc1N2. The highest BCUT2D eigenvalue weighted by Gasteiger charge is 2.16.